The summed E-state index contributed by atoms with van der Waals surface area (Å²) in [6.45, 7) is 0.673. The van der Waals surface area contributed by atoms with Crippen molar-refractivity contribution in [3.8, 4) is 0 Å². The van der Waals surface area contributed by atoms with Gasteiger partial charge in [0, 0.05) is 17.6 Å². The summed E-state index contributed by atoms with van der Waals surface area (Å²) in [5.74, 6) is 0.427. The van der Waals surface area contributed by atoms with Crippen molar-refractivity contribution in [1.82, 2.24) is 9.97 Å². The number of nitrogens with zero attached hydrogens (tertiary/aromatic N) is 3. The zero-order valence-corrected chi connectivity index (χ0v) is 14.8. The molecule has 8 heteroatoms. The third-order valence-electron chi connectivity index (χ3n) is 4.83. The average Bonchev–Trinajstić information content (AvgIpc) is 3.17. The Balaban J connectivity index is 1.55. The van der Waals surface area contributed by atoms with E-state index in [0.29, 0.717) is 24.5 Å². The van der Waals surface area contributed by atoms with E-state index in [2.05, 4.69) is 15.3 Å². The minimum Gasteiger partial charge on any atom is -0.344 e. The summed E-state index contributed by atoms with van der Waals surface area (Å²) in [6, 6.07) is 11.6. The predicted octanol–water partition coefficient (Wildman–Crippen LogP) is 4.26. The number of hydrogen-bond donors (Lipinski definition) is 1. The summed E-state index contributed by atoms with van der Waals surface area (Å²) in [6.07, 6.45) is -1.46. The summed E-state index contributed by atoms with van der Waals surface area (Å²) in [7, 11) is 0. The van der Waals surface area contributed by atoms with E-state index >= 15 is 0 Å². The number of halogens is 3. The van der Waals surface area contributed by atoms with Crippen LogP contribution >= 0.6 is 0 Å². The molecular formula is C20H17F3N4O. The molecule has 3 aromatic rings. The highest BCUT2D eigenvalue weighted by Crippen LogP contribution is 2.31. The summed E-state index contributed by atoms with van der Waals surface area (Å²) in [4.78, 5) is 23.4. The molecule has 2 heterocycles. The van der Waals surface area contributed by atoms with Gasteiger partial charge in [0.05, 0.1) is 11.1 Å². The Bertz CT molecular complexity index is 999. The third-order valence-corrected chi connectivity index (χ3v) is 4.83. The fourth-order valence-electron chi connectivity index (χ4n) is 3.48. The van der Waals surface area contributed by atoms with Crippen LogP contribution in [0.3, 0.4) is 0 Å². The van der Waals surface area contributed by atoms with E-state index in [1.165, 1.54) is 18.5 Å². The number of carbonyl (C=O) groups excluding carboxylic acids is 1. The van der Waals surface area contributed by atoms with Gasteiger partial charge in [-0.15, -0.1) is 0 Å². The van der Waals surface area contributed by atoms with Crippen molar-refractivity contribution in [3.63, 3.8) is 0 Å². The molecule has 1 fully saturated rings. The van der Waals surface area contributed by atoms with Crippen molar-refractivity contribution in [2.45, 2.75) is 25.1 Å². The maximum atomic E-state index is 12.8. The molecule has 0 spiro atoms. The van der Waals surface area contributed by atoms with Crippen LogP contribution in [0, 0.1) is 0 Å². The maximum absolute atomic E-state index is 12.8. The third kappa shape index (κ3) is 3.49. The van der Waals surface area contributed by atoms with E-state index in [1.807, 2.05) is 29.2 Å². The second-order valence-corrected chi connectivity index (χ2v) is 6.63. The number of aromatic nitrogens is 2. The molecular weight excluding hydrogens is 369 g/mol. The van der Waals surface area contributed by atoms with E-state index in [9.17, 15) is 18.0 Å². The van der Waals surface area contributed by atoms with Crippen LogP contribution in [0.25, 0.3) is 10.9 Å². The topological polar surface area (TPSA) is 58.1 Å². The quantitative estimate of drug-likeness (QED) is 0.731. The Hall–Kier alpha value is -3.16. The second-order valence-electron chi connectivity index (χ2n) is 6.63. The van der Waals surface area contributed by atoms with Crippen LogP contribution in [0.2, 0.25) is 0 Å². The van der Waals surface area contributed by atoms with Crippen molar-refractivity contribution in [2.75, 3.05) is 16.8 Å². The van der Waals surface area contributed by atoms with Crippen LogP contribution < -0.4 is 10.2 Å². The zero-order chi connectivity index (χ0) is 19.7. The van der Waals surface area contributed by atoms with Crippen molar-refractivity contribution in [3.05, 3.63) is 60.4 Å². The lowest BCUT2D eigenvalue weighted by atomic mass is 10.1. The number of nitrogens with one attached hydrogen (secondary N) is 1. The lowest BCUT2D eigenvalue weighted by Crippen LogP contribution is -2.40. The molecule has 1 amide bonds. The van der Waals surface area contributed by atoms with Gasteiger partial charge in [0.2, 0.25) is 5.91 Å². The van der Waals surface area contributed by atoms with Gasteiger partial charge in [-0.2, -0.15) is 13.2 Å². The Labute approximate surface area is 159 Å². The molecule has 0 saturated carbocycles. The lowest BCUT2D eigenvalue weighted by Gasteiger charge is -2.25. The summed E-state index contributed by atoms with van der Waals surface area (Å²) in [5.41, 5.74) is 0.374. The van der Waals surface area contributed by atoms with Crippen molar-refractivity contribution in [2.24, 2.45) is 0 Å². The number of amides is 1. The molecule has 0 radical (unpaired) electrons. The van der Waals surface area contributed by atoms with Crippen LogP contribution in [0.1, 0.15) is 18.4 Å². The minimum absolute atomic E-state index is 0.264. The van der Waals surface area contributed by atoms with Gasteiger partial charge < -0.3 is 10.2 Å². The molecule has 1 aromatic heterocycles. The number of benzene rings is 2. The molecule has 1 aliphatic rings. The van der Waals surface area contributed by atoms with Crippen LogP contribution in [0.15, 0.2) is 54.9 Å². The smallest absolute Gasteiger partial charge is 0.344 e. The molecule has 2 aromatic carbocycles. The molecule has 1 saturated heterocycles. The standard InChI is InChI=1S/C20H17F3N4O/c21-20(22,23)13-7-9-14(10-8-13)26-19(28)17-6-3-11-27(17)18-15-4-1-2-5-16(15)24-12-25-18/h1-2,4-5,7-10,12,17H,3,6,11H2,(H,26,28). The molecule has 4 rings (SSSR count). The highest BCUT2D eigenvalue weighted by molar-refractivity contribution is 5.99. The van der Waals surface area contributed by atoms with Crippen molar-refractivity contribution in [1.29, 1.82) is 0 Å². The number of rotatable bonds is 3. The van der Waals surface area contributed by atoms with Crippen LogP contribution in [0.4, 0.5) is 24.7 Å². The second kappa shape index (κ2) is 7.10. The molecule has 5 nitrogen and oxygen atoms in total. The number of carbonyl (C=O) groups is 1. The largest absolute Gasteiger partial charge is 0.416 e. The summed E-state index contributed by atoms with van der Waals surface area (Å²) < 4.78 is 38.1. The SMILES string of the molecule is O=C(Nc1ccc(C(F)(F)F)cc1)C1CCCN1c1ncnc2ccccc12. The van der Waals surface area contributed by atoms with Crippen LogP contribution in [-0.2, 0) is 11.0 Å². The van der Waals surface area contributed by atoms with Crippen LogP contribution in [0.5, 0.6) is 0 Å². The molecule has 0 aliphatic carbocycles. The number of alkyl halides is 3. The number of para-hydroxylation sites is 1. The van der Waals surface area contributed by atoms with Gasteiger partial charge in [0.15, 0.2) is 0 Å². The first kappa shape index (κ1) is 18.2. The Morgan fingerprint density at radius 2 is 1.82 bits per heavy atom. The van der Waals surface area contributed by atoms with Crippen molar-refractivity contribution < 1.29 is 18.0 Å². The van der Waals surface area contributed by atoms with Crippen molar-refractivity contribution >= 4 is 28.3 Å². The Morgan fingerprint density at radius 3 is 2.57 bits per heavy atom. The molecule has 144 valence electrons. The molecule has 0 bridgehead atoms. The van der Waals surface area contributed by atoms with Gasteiger partial charge in [-0.25, -0.2) is 9.97 Å². The maximum Gasteiger partial charge on any atom is 0.416 e. The van der Waals surface area contributed by atoms with Gasteiger partial charge in [0.1, 0.15) is 18.2 Å². The van der Waals surface area contributed by atoms with Gasteiger partial charge in [-0.3, -0.25) is 4.79 Å². The van der Waals surface area contributed by atoms with Gasteiger partial charge in [0.25, 0.3) is 0 Å². The molecule has 1 aliphatic heterocycles. The Kier molecular flexibility index (Phi) is 4.62. The first-order valence-corrected chi connectivity index (χ1v) is 8.88. The highest BCUT2D eigenvalue weighted by Gasteiger charge is 2.33. The molecule has 1 N–H and O–H groups in total. The fourth-order valence-corrected chi connectivity index (χ4v) is 3.48. The normalized spacial score (nSPS) is 17.1. The van der Waals surface area contributed by atoms with E-state index in [-0.39, 0.29) is 5.91 Å². The van der Waals surface area contributed by atoms with E-state index in [1.54, 1.807) is 0 Å². The van der Waals surface area contributed by atoms with Gasteiger partial charge in [-0.05, 0) is 49.2 Å². The first-order chi connectivity index (χ1) is 13.4. The molecule has 28 heavy (non-hydrogen) atoms. The number of fused-ring (bicyclic) bond motifs is 1. The summed E-state index contributed by atoms with van der Waals surface area (Å²) in [5, 5.41) is 3.58. The Morgan fingerprint density at radius 1 is 1.07 bits per heavy atom. The van der Waals surface area contributed by atoms with Gasteiger partial charge >= 0.3 is 6.18 Å². The average molecular weight is 386 g/mol. The monoisotopic (exact) mass is 386 g/mol. The zero-order valence-electron chi connectivity index (χ0n) is 14.8. The summed E-state index contributed by atoms with van der Waals surface area (Å²) >= 11 is 0. The minimum atomic E-state index is -4.40. The lowest BCUT2D eigenvalue weighted by molar-refractivity contribution is -0.137. The number of anilines is 2. The van der Waals surface area contributed by atoms with Crippen LogP contribution in [-0.4, -0.2) is 28.5 Å². The fraction of sp³-hybridized carbons (Fsp3) is 0.250. The van der Waals surface area contributed by atoms with E-state index in [0.717, 1.165) is 29.5 Å². The van der Waals surface area contributed by atoms with E-state index < -0.39 is 17.8 Å². The molecule has 1 unspecified atom stereocenters. The van der Waals surface area contributed by atoms with E-state index in [4.69, 9.17) is 0 Å². The molecule has 1 atom stereocenters. The first-order valence-electron chi connectivity index (χ1n) is 8.88. The highest BCUT2D eigenvalue weighted by atomic mass is 19.4. The predicted molar refractivity (Wildman–Crippen MR) is 100.0 cm³/mol. The number of hydrogen-bond acceptors (Lipinski definition) is 4. The van der Waals surface area contributed by atoms with Gasteiger partial charge in [-0.1, -0.05) is 12.1 Å².